The van der Waals surface area contributed by atoms with Crippen LogP contribution in [0.25, 0.3) is 0 Å². The van der Waals surface area contributed by atoms with Crippen LogP contribution in [0.4, 0.5) is 0 Å². The first kappa shape index (κ1) is 35.3. The van der Waals surface area contributed by atoms with Gasteiger partial charge in [0.25, 0.3) is 0 Å². The molecular formula is C28H52O12. The van der Waals surface area contributed by atoms with E-state index in [1.165, 1.54) is 57.8 Å². The highest BCUT2D eigenvalue weighted by Crippen LogP contribution is 2.36. The number of carbonyl (C=O) groups is 1. The van der Waals surface area contributed by atoms with Gasteiger partial charge in [0.05, 0.1) is 6.61 Å². The summed E-state index contributed by atoms with van der Waals surface area (Å²) in [5.41, 5.74) is 0. The van der Waals surface area contributed by atoms with Crippen molar-refractivity contribution in [1.82, 2.24) is 0 Å². The van der Waals surface area contributed by atoms with Gasteiger partial charge in [-0.1, -0.05) is 84.0 Å². The first-order valence-corrected chi connectivity index (χ1v) is 15.0. The van der Waals surface area contributed by atoms with E-state index in [1.54, 1.807) is 0 Å². The van der Waals surface area contributed by atoms with E-state index in [9.17, 15) is 40.5 Å². The van der Waals surface area contributed by atoms with Crippen LogP contribution in [0.2, 0.25) is 0 Å². The Morgan fingerprint density at radius 1 is 0.725 bits per heavy atom. The monoisotopic (exact) mass is 580 g/mol. The third-order valence-electron chi connectivity index (χ3n) is 7.78. The molecule has 0 aromatic rings. The fourth-order valence-corrected chi connectivity index (χ4v) is 5.15. The zero-order valence-electron chi connectivity index (χ0n) is 23.8. The van der Waals surface area contributed by atoms with Crippen molar-refractivity contribution < 1.29 is 59.5 Å². The lowest BCUT2D eigenvalue weighted by Crippen LogP contribution is -2.62. The van der Waals surface area contributed by atoms with Gasteiger partial charge in [0.2, 0.25) is 5.79 Å². The van der Waals surface area contributed by atoms with Crippen molar-refractivity contribution in [2.75, 3.05) is 19.8 Å². The van der Waals surface area contributed by atoms with E-state index < -0.39 is 80.6 Å². The molecular weight excluding hydrogens is 528 g/mol. The maximum atomic E-state index is 12.2. The summed E-state index contributed by atoms with van der Waals surface area (Å²) in [6.45, 7) is 0.129. The van der Waals surface area contributed by atoms with E-state index in [1.807, 2.05) is 0 Å². The summed E-state index contributed by atoms with van der Waals surface area (Å²) in [5.74, 6) is -2.76. The van der Waals surface area contributed by atoms with Gasteiger partial charge in [-0.3, -0.25) is 4.79 Å². The number of unbranched alkanes of at least 4 members (excludes halogenated alkanes) is 12. The second-order valence-electron chi connectivity index (χ2n) is 11.1. The second-order valence-corrected chi connectivity index (χ2v) is 11.1. The SMILES string of the molecule is CCCCCCCCCCCCCCCC(=O)OC[C@@H]1O[C@](CO)(O[C@H]2O[C@H](CO)[C@H](O)[C@H](O)[C@@H]2O)[C@@H](O)[C@@H]1O. The van der Waals surface area contributed by atoms with Crippen molar-refractivity contribution in [2.24, 2.45) is 0 Å². The van der Waals surface area contributed by atoms with E-state index in [0.29, 0.717) is 6.42 Å². The Labute approximate surface area is 237 Å². The predicted molar refractivity (Wildman–Crippen MR) is 143 cm³/mol. The molecule has 0 bridgehead atoms. The Balaban J connectivity index is 1.65. The zero-order valence-corrected chi connectivity index (χ0v) is 23.8. The Morgan fingerprint density at radius 2 is 1.27 bits per heavy atom. The topological polar surface area (TPSA) is 196 Å². The smallest absolute Gasteiger partial charge is 0.305 e. The average molecular weight is 581 g/mol. The molecule has 2 rings (SSSR count). The molecule has 9 atom stereocenters. The van der Waals surface area contributed by atoms with Gasteiger partial charge in [0, 0.05) is 6.42 Å². The molecule has 236 valence electrons. The quantitative estimate of drug-likeness (QED) is 0.0785. The number of carbonyl (C=O) groups excluding carboxylic acids is 1. The molecule has 7 N–H and O–H groups in total. The molecule has 0 radical (unpaired) electrons. The van der Waals surface area contributed by atoms with Crippen LogP contribution in [0.3, 0.4) is 0 Å². The third-order valence-corrected chi connectivity index (χ3v) is 7.78. The number of hydrogen-bond donors (Lipinski definition) is 7. The lowest BCUT2D eigenvalue weighted by molar-refractivity contribution is -0.383. The molecule has 0 unspecified atom stereocenters. The van der Waals surface area contributed by atoms with Gasteiger partial charge >= 0.3 is 5.97 Å². The Morgan fingerprint density at radius 3 is 1.80 bits per heavy atom. The summed E-state index contributed by atoms with van der Waals surface area (Å²) in [5, 5.41) is 70.3. The number of hydrogen-bond acceptors (Lipinski definition) is 12. The van der Waals surface area contributed by atoms with E-state index in [4.69, 9.17) is 18.9 Å². The van der Waals surface area contributed by atoms with Crippen LogP contribution in [-0.4, -0.2) is 116 Å². The number of ether oxygens (including phenoxy) is 4. The van der Waals surface area contributed by atoms with Gasteiger partial charge in [0.1, 0.15) is 55.9 Å². The zero-order chi connectivity index (χ0) is 29.5. The number of esters is 1. The van der Waals surface area contributed by atoms with Crippen LogP contribution in [0.1, 0.15) is 96.8 Å². The molecule has 0 spiro atoms. The highest BCUT2D eigenvalue weighted by Gasteiger charge is 2.58. The summed E-state index contributed by atoms with van der Waals surface area (Å²) < 4.78 is 21.4. The van der Waals surface area contributed by atoms with Crippen LogP contribution in [0, 0.1) is 0 Å². The normalized spacial score (nSPS) is 34.3. The summed E-state index contributed by atoms with van der Waals surface area (Å²) in [7, 11) is 0. The van der Waals surface area contributed by atoms with E-state index >= 15 is 0 Å². The molecule has 0 aromatic heterocycles. The molecule has 2 aliphatic heterocycles. The maximum absolute atomic E-state index is 12.2. The predicted octanol–water partition coefficient (Wildman–Crippen LogP) is 0.637. The summed E-state index contributed by atoms with van der Waals surface area (Å²) >= 11 is 0. The molecule has 12 heteroatoms. The summed E-state index contributed by atoms with van der Waals surface area (Å²) in [6.07, 6.45) is 2.77. The van der Waals surface area contributed by atoms with Crippen LogP contribution in [-0.2, 0) is 23.7 Å². The minimum Gasteiger partial charge on any atom is -0.463 e. The van der Waals surface area contributed by atoms with E-state index in [-0.39, 0.29) is 6.42 Å². The summed E-state index contributed by atoms with van der Waals surface area (Å²) in [6, 6.07) is 0. The molecule has 2 fully saturated rings. The molecule has 0 aliphatic carbocycles. The fourth-order valence-electron chi connectivity index (χ4n) is 5.15. The number of aliphatic hydroxyl groups excluding tert-OH is 7. The minimum atomic E-state index is -2.28. The Bertz CT molecular complexity index is 694. The standard InChI is InChI=1S/C28H52O12/c1-2-3-4-5-6-7-8-9-10-11-12-13-14-15-21(31)37-17-20-23(33)26(36)28(18-30,39-20)40-27-25(35)24(34)22(32)19(16-29)38-27/h19-20,22-27,29-30,32-36H,2-18H2,1H3/t19-,20+,22+,23-,24+,25+,26+,27-,28-/m1/s1. The average Bonchev–Trinajstić information content (AvgIpc) is 3.19. The van der Waals surface area contributed by atoms with Crippen molar-refractivity contribution >= 4 is 5.97 Å². The Kier molecular flexibility index (Phi) is 16.4. The van der Waals surface area contributed by atoms with Crippen molar-refractivity contribution in [3.8, 4) is 0 Å². The van der Waals surface area contributed by atoms with Crippen LogP contribution in [0.15, 0.2) is 0 Å². The fraction of sp³-hybridized carbons (Fsp3) is 0.964. The number of aliphatic hydroxyl groups is 7. The largest absolute Gasteiger partial charge is 0.463 e. The highest BCUT2D eigenvalue weighted by molar-refractivity contribution is 5.69. The molecule has 12 nitrogen and oxygen atoms in total. The molecule has 40 heavy (non-hydrogen) atoms. The molecule has 2 saturated heterocycles. The van der Waals surface area contributed by atoms with Gasteiger partial charge in [0.15, 0.2) is 6.29 Å². The van der Waals surface area contributed by atoms with Gasteiger partial charge in [-0.25, -0.2) is 0 Å². The number of rotatable bonds is 20. The van der Waals surface area contributed by atoms with Crippen LogP contribution in [0.5, 0.6) is 0 Å². The van der Waals surface area contributed by atoms with Gasteiger partial charge in [-0.15, -0.1) is 0 Å². The van der Waals surface area contributed by atoms with E-state index in [2.05, 4.69) is 6.92 Å². The van der Waals surface area contributed by atoms with Crippen molar-refractivity contribution in [1.29, 1.82) is 0 Å². The molecule has 2 aliphatic rings. The summed E-state index contributed by atoms with van der Waals surface area (Å²) in [4.78, 5) is 12.2. The molecule has 2 heterocycles. The highest BCUT2D eigenvalue weighted by atomic mass is 16.8. The van der Waals surface area contributed by atoms with Crippen molar-refractivity contribution in [3.63, 3.8) is 0 Å². The minimum absolute atomic E-state index is 0.204. The first-order chi connectivity index (χ1) is 19.2. The van der Waals surface area contributed by atoms with Crippen molar-refractivity contribution in [2.45, 2.75) is 152 Å². The third kappa shape index (κ3) is 10.4. The lowest BCUT2D eigenvalue weighted by Gasteiger charge is -2.43. The van der Waals surface area contributed by atoms with E-state index in [0.717, 1.165) is 19.3 Å². The molecule has 0 saturated carbocycles. The molecule has 0 aromatic carbocycles. The van der Waals surface area contributed by atoms with Gasteiger partial charge in [-0.2, -0.15) is 0 Å². The maximum Gasteiger partial charge on any atom is 0.305 e. The van der Waals surface area contributed by atoms with Crippen LogP contribution >= 0.6 is 0 Å². The Hall–Kier alpha value is -0.930. The van der Waals surface area contributed by atoms with Crippen LogP contribution < -0.4 is 0 Å². The first-order valence-electron chi connectivity index (χ1n) is 15.0. The second kappa shape index (κ2) is 18.6. The van der Waals surface area contributed by atoms with Crippen molar-refractivity contribution in [3.05, 3.63) is 0 Å². The molecule has 0 amide bonds. The van der Waals surface area contributed by atoms with Gasteiger partial charge < -0.3 is 54.7 Å². The van der Waals surface area contributed by atoms with Gasteiger partial charge in [-0.05, 0) is 6.42 Å². The lowest BCUT2D eigenvalue weighted by atomic mass is 9.99.